The van der Waals surface area contributed by atoms with Crippen LogP contribution in [-0.4, -0.2) is 18.1 Å². The maximum Gasteiger partial charge on any atom is 0.184 e. The third kappa shape index (κ3) is 3.00. The van der Waals surface area contributed by atoms with E-state index in [0.29, 0.717) is 6.04 Å². The number of anilines is 1. The van der Waals surface area contributed by atoms with Crippen LogP contribution in [0, 0.1) is 5.92 Å². The molecule has 1 heterocycles. The molecule has 4 heteroatoms. The van der Waals surface area contributed by atoms with Crippen LogP contribution < -0.4 is 10.1 Å². The highest BCUT2D eigenvalue weighted by Gasteiger charge is 2.25. The first-order valence-electron chi connectivity index (χ1n) is 6.99. The molecule has 102 valence electrons. The number of fused-ring (bicyclic) bond motifs is 1. The summed E-state index contributed by atoms with van der Waals surface area (Å²) in [5.74, 6) is 1.85. The summed E-state index contributed by atoms with van der Waals surface area (Å²) < 4.78 is 6.44. The van der Waals surface area contributed by atoms with Crippen molar-refractivity contribution in [1.82, 2.24) is 4.98 Å². The second-order valence-corrected chi connectivity index (χ2v) is 6.31. The highest BCUT2D eigenvalue weighted by Crippen LogP contribution is 2.36. The summed E-state index contributed by atoms with van der Waals surface area (Å²) in [6.45, 7) is 2.25. The molecular weight excluding hydrogens is 256 g/mol. The zero-order valence-corrected chi connectivity index (χ0v) is 12.3. The van der Waals surface area contributed by atoms with E-state index in [9.17, 15) is 0 Å². The van der Waals surface area contributed by atoms with Crippen LogP contribution in [0.3, 0.4) is 0 Å². The van der Waals surface area contributed by atoms with E-state index in [1.54, 1.807) is 18.4 Å². The van der Waals surface area contributed by atoms with E-state index in [4.69, 9.17) is 4.74 Å². The van der Waals surface area contributed by atoms with E-state index in [1.807, 2.05) is 12.1 Å². The molecule has 1 aliphatic rings. The summed E-state index contributed by atoms with van der Waals surface area (Å²) in [5, 5.41) is 4.63. The van der Waals surface area contributed by atoms with Gasteiger partial charge >= 0.3 is 0 Å². The lowest BCUT2D eigenvalue weighted by molar-refractivity contribution is 0.415. The first kappa shape index (κ1) is 12.7. The van der Waals surface area contributed by atoms with Gasteiger partial charge in [0.2, 0.25) is 0 Å². The zero-order chi connectivity index (χ0) is 13.2. The van der Waals surface area contributed by atoms with Gasteiger partial charge in [-0.2, -0.15) is 0 Å². The second kappa shape index (κ2) is 5.37. The molecule has 0 amide bonds. The van der Waals surface area contributed by atoms with Crippen LogP contribution >= 0.6 is 11.3 Å². The van der Waals surface area contributed by atoms with Crippen LogP contribution in [0.5, 0.6) is 5.75 Å². The van der Waals surface area contributed by atoms with E-state index in [-0.39, 0.29) is 0 Å². The molecule has 19 heavy (non-hydrogen) atoms. The summed E-state index contributed by atoms with van der Waals surface area (Å²) in [4.78, 5) is 4.66. The number of hydrogen-bond donors (Lipinski definition) is 1. The maximum absolute atomic E-state index is 5.25. The minimum atomic E-state index is 0.565. The fourth-order valence-electron chi connectivity index (χ4n) is 2.35. The molecule has 3 rings (SSSR count). The molecule has 1 aromatic carbocycles. The number of benzene rings is 1. The Morgan fingerprint density at radius 2 is 2.32 bits per heavy atom. The highest BCUT2D eigenvalue weighted by molar-refractivity contribution is 7.22. The van der Waals surface area contributed by atoms with Gasteiger partial charge in [0.1, 0.15) is 5.75 Å². The lowest BCUT2D eigenvalue weighted by Gasteiger charge is -2.15. The second-order valence-electron chi connectivity index (χ2n) is 5.28. The molecule has 1 saturated carbocycles. The number of thiazole rings is 1. The van der Waals surface area contributed by atoms with Crippen molar-refractivity contribution in [1.29, 1.82) is 0 Å². The lowest BCUT2D eigenvalue weighted by atomic mass is 10.1. The smallest absolute Gasteiger partial charge is 0.184 e. The average molecular weight is 276 g/mol. The quantitative estimate of drug-likeness (QED) is 0.854. The normalized spacial score (nSPS) is 16.5. The van der Waals surface area contributed by atoms with Crippen LogP contribution in [0.15, 0.2) is 18.2 Å². The van der Waals surface area contributed by atoms with Crippen molar-refractivity contribution < 1.29 is 4.74 Å². The van der Waals surface area contributed by atoms with Crippen LogP contribution in [0.4, 0.5) is 5.13 Å². The summed E-state index contributed by atoms with van der Waals surface area (Å²) >= 11 is 1.72. The van der Waals surface area contributed by atoms with Crippen molar-refractivity contribution in [2.24, 2.45) is 5.92 Å². The Bertz CT molecular complexity index is 562. The minimum Gasteiger partial charge on any atom is -0.497 e. The van der Waals surface area contributed by atoms with Crippen molar-refractivity contribution in [3.8, 4) is 5.75 Å². The van der Waals surface area contributed by atoms with Gasteiger partial charge in [-0.15, -0.1) is 0 Å². The number of aromatic nitrogens is 1. The minimum absolute atomic E-state index is 0.565. The fourth-order valence-corrected chi connectivity index (χ4v) is 3.32. The zero-order valence-electron chi connectivity index (χ0n) is 11.5. The van der Waals surface area contributed by atoms with Crippen molar-refractivity contribution in [2.45, 2.75) is 38.6 Å². The molecule has 0 bridgehead atoms. The fraction of sp³-hybridized carbons (Fsp3) is 0.533. The summed E-state index contributed by atoms with van der Waals surface area (Å²) in [6.07, 6.45) is 5.27. The number of methoxy groups -OCH3 is 1. The van der Waals surface area contributed by atoms with E-state index >= 15 is 0 Å². The number of hydrogen-bond acceptors (Lipinski definition) is 4. The molecule has 0 radical (unpaired) electrons. The molecule has 0 aliphatic heterocycles. The maximum atomic E-state index is 5.25. The Labute approximate surface area is 118 Å². The van der Waals surface area contributed by atoms with Gasteiger partial charge < -0.3 is 10.1 Å². The van der Waals surface area contributed by atoms with E-state index < -0.39 is 0 Å². The Kier molecular flexibility index (Phi) is 3.60. The summed E-state index contributed by atoms with van der Waals surface area (Å²) in [5.41, 5.74) is 1.05. The molecule has 0 saturated heterocycles. The molecule has 2 aromatic rings. The first-order valence-corrected chi connectivity index (χ1v) is 7.81. The van der Waals surface area contributed by atoms with Gasteiger partial charge in [-0.05, 0) is 37.0 Å². The molecule has 1 N–H and O–H groups in total. The van der Waals surface area contributed by atoms with Crippen LogP contribution in [-0.2, 0) is 0 Å². The number of nitrogens with one attached hydrogen (secondary N) is 1. The van der Waals surface area contributed by atoms with Gasteiger partial charge in [-0.3, -0.25) is 0 Å². The van der Waals surface area contributed by atoms with Crippen molar-refractivity contribution in [3.63, 3.8) is 0 Å². The number of ether oxygens (including phenoxy) is 1. The standard InChI is InChI=1S/C15H20N2OS/c1-3-11(8-10-4-5-10)16-15-17-13-7-6-12(18-2)9-14(13)19-15/h6-7,9-11H,3-5,8H2,1-2H3,(H,16,17). The van der Waals surface area contributed by atoms with Crippen molar-refractivity contribution in [2.75, 3.05) is 12.4 Å². The molecule has 1 unspecified atom stereocenters. The SMILES string of the molecule is CCC(CC1CC1)Nc1nc2ccc(OC)cc2s1. The summed E-state index contributed by atoms with van der Waals surface area (Å²) in [7, 11) is 1.70. The molecule has 1 aromatic heterocycles. The van der Waals surface area contributed by atoms with Crippen LogP contribution in [0.1, 0.15) is 32.6 Å². The Hall–Kier alpha value is -1.29. The average Bonchev–Trinajstić information content (AvgIpc) is 3.15. The van der Waals surface area contributed by atoms with E-state index in [0.717, 1.165) is 28.7 Å². The van der Waals surface area contributed by atoms with Crippen LogP contribution in [0.2, 0.25) is 0 Å². The van der Waals surface area contributed by atoms with Crippen molar-refractivity contribution >= 4 is 26.7 Å². The van der Waals surface area contributed by atoms with Gasteiger partial charge in [0.05, 0.1) is 17.3 Å². The van der Waals surface area contributed by atoms with Gasteiger partial charge in [-0.25, -0.2) is 4.98 Å². The third-order valence-corrected chi connectivity index (χ3v) is 4.68. The number of nitrogens with zero attached hydrogens (tertiary/aromatic N) is 1. The Balaban J connectivity index is 1.75. The lowest BCUT2D eigenvalue weighted by Crippen LogP contribution is -2.18. The molecule has 1 atom stereocenters. The van der Waals surface area contributed by atoms with E-state index in [2.05, 4.69) is 23.3 Å². The monoisotopic (exact) mass is 276 g/mol. The highest BCUT2D eigenvalue weighted by atomic mass is 32.1. The van der Waals surface area contributed by atoms with Crippen LogP contribution in [0.25, 0.3) is 10.2 Å². The van der Waals surface area contributed by atoms with Gasteiger partial charge in [0, 0.05) is 6.04 Å². The first-order chi connectivity index (χ1) is 9.28. The Morgan fingerprint density at radius 3 is 3.00 bits per heavy atom. The molecule has 3 nitrogen and oxygen atoms in total. The van der Waals surface area contributed by atoms with Gasteiger partial charge in [-0.1, -0.05) is 31.1 Å². The third-order valence-electron chi connectivity index (χ3n) is 3.73. The van der Waals surface area contributed by atoms with Gasteiger partial charge in [0.15, 0.2) is 5.13 Å². The number of rotatable bonds is 6. The van der Waals surface area contributed by atoms with Gasteiger partial charge in [0.25, 0.3) is 0 Å². The van der Waals surface area contributed by atoms with E-state index in [1.165, 1.54) is 24.0 Å². The predicted octanol–water partition coefficient (Wildman–Crippen LogP) is 4.30. The topological polar surface area (TPSA) is 34.2 Å². The molecule has 1 fully saturated rings. The molecule has 0 spiro atoms. The molecular formula is C15H20N2OS. The van der Waals surface area contributed by atoms with Crippen molar-refractivity contribution in [3.05, 3.63) is 18.2 Å². The predicted molar refractivity (Wildman–Crippen MR) is 81.2 cm³/mol. The molecule has 1 aliphatic carbocycles. The summed E-state index contributed by atoms with van der Waals surface area (Å²) in [6, 6.07) is 6.61. The Morgan fingerprint density at radius 1 is 1.47 bits per heavy atom. The largest absolute Gasteiger partial charge is 0.497 e.